The van der Waals surface area contributed by atoms with Gasteiger partial charge in [0, 0.05) is 11.1 Å². The smallest absolute Gasteiger partial charge is 0.203 e. The molecule has 4 nitrogen and oxygen atoms in total. The standard InChI is InChI=1S/C17H26O4/c1-5-7-9-20-15-11-14(12-18)13(3)16(19-4)17(15)21-10-8-6-2/h11-12H,5-10H2,1-4H3. The van der Waals surface area contributed by atoms with Gasteiger partial charge >= 0.3 is 0 Å². The van der Waals surface area contributed by atoms with Crippen molar-refractivity contribution in [2.24, 2.45) is 0 Å². The summed E-state index contributed by atoms with van der Waals surface area (Å²) in [5.74, 6) is 1.77. The molecule has 0 radical (unpaired) electrons. The molecule has 0 unspecified atom stereocenters. The van der Waals surface area contributed by atoms with Gasteiger partial charge in [-0.05, 0) is 25.8 Å². The number of hydrogen-bond donors (Lipinski definition) is 0. The van der Waals surface area contributed by atoms with Crippen LogP contribution in [0.5, 0.6) is 17.2 Å². The highest BCUT2D eigenvalue weighted by Gasteiger charge is 2.18. The molecule has 1 rings (SSSR count). The van der Waals surface area contributed by atoms with Crippen LogP contribution in [-0.4, -0.2) is 26.6 Å². The third kappa shape index (κ3) is 4.66. The lowest BCUT2D eigenvalue weighted by Crippen LogP contribution is -2.06. The molecule has 0 aliphatic rings. The van der Waals surface area contributed by atoms with Crippen molar-refractivity contribution in [3.63, 3.8) is 0 Å². The highest BCUT2D eigenvalue weighted by molar-refractivity contribution is 5.81. The van der Waals surface area contributed by atoms with Gasteiger partial charge in [-0.15, -0.1) is 0 Å². The average Bonchev–Trinajstić information content (AvgIpc) is 2.49. The van der Waals surface area contributed by atoms with Crippen molar-refractivity contribution in [3.8, 4) is 17.2 Å². The summed E-state index contributed by atoms with van der Waals surface area (Å²) in [6, 6.07) is 1.74. The average molecular weight is 294 g/mol. The number of hydrogen-bond acceptors (Lipinski definition) is 4. The summed E-state index contributed by atoms with van der Waals surface area (Å²) in [4.78, 5) is 11.2. The molecule has 1 aromatic rings. The molecule has 1 aromatic carbocycles. The molecule has 4 heteroatoms. The molecule has 0 N–H and O–H groups in total. The van der Waals surface area contributed by atoms with Crippen molar-refractivity contribution in [2.75, 3.05) is 20.3 Å². The quantitative estimate of drug-likeness (QED) is 0.480. The first-order valence-corrected chi connectivity index (χ1v) is 7.61. The molecule has 0 aliphatic heterocycles. The maximum atomic E-state index is 11.2. The Hall–Kier alpha value is -1.71. The Bertz CT molecular complexity index is 455. The van der Waals surface area contributed by atoms with E-state index in [-0.39, 0.29) is 0 Å². The lowest BCUT2D eigenvalue weighted by molar-refractivity contribution is 0.112. The minimum atomic E-state index is 0.571. The van der Waals surface area contributed by atoms with Crippen molar-refractivity contribution < 1.29 is 19.0 Å². The predicted octanol–water partition coefficient (Wildman–Crippen LogP) is 4.17. The van der Waals surface area contributed by atoms with Crippen LogP contribution >= 0.6 is 0 Å². The number of methoxy groups -OCH3 is 1. The number of benzene rings is 1. The summed E-state index contributed by atoms with van der Waals surface area (Å²) in [7, 11) is 1.58. The van der Waals surface area contributed by atoms with Gasteiger partial charge in [0.05, 0.1) is 20.3 Å². The third-order valence-corrected chi connectivity index (χ3v) is 3.32. The first kappa shape index (κ1) is 17.3. The predicted molar refractivity (Wildman–Crippen MR) is 83.9 cm³/mol. The second-order valence-corrected chi connectivity index (χ2v) is 4.97. The Morgan fingerprint density at radius 1 is 1.05 bits per heavy atom. The number of ether oxygens (including phenoxy) is 3. The lowest BCUT2D eigenvalue weighted by atomic mass is 10.1. The third-order valence-electron chi connectivity index (χ3n) is 3.32. The van der Waals surface area contributed by atoms with Crippen LogP contribution in [-0.2, 0) is 0 Å². The zero-order valence-electron chi connectivity index (χ0n) is 13.5. The van der Waals surface area contributed by atoms with Crippen molar-refractivity contribution in [3.05, 3.63) is 17.2 Å². The highest BCUT2D eigenvalue weighted by atomic mass is 16.5. The van der Waals surface area contributed by atoms with Gasteiger partial charge in [0.25, 0.3) is 0 Å². The normalized spacial score (nSPS) is 10.3. The molecule has 0 heterocycles. The van der Waals surface area contributed by atoms with Crippen molar-refractivity contribution in [1.29, 1.82) is 0 Å². The molecule has 0 fully saturated rings. The van der Waals surface area contributed by atoms with Gasteiger partial charge in [0.2, 0.25) is 5.75 Å². The second-order valence-electron chi connectivity index (χ2n) is 4.97. The zero-order valence-corrected chi connectivity index (χ0v) is 13.5. The fourth-order valence-electron chi connectivity index (χ4n) is 1.99. The van der Waals surface area contributed by atoms with Crippen LogP contribution in [0, 0.1) is 6.92 Å². The van der Waals surface area contributed by atoms with E-state index in [1.54, 1.807) is 13.2 Å². The van der Waals surface area contributed by atoms with Crippen molar-refractivity contribution in [1.82, 2.24) is 0 Å². The van der Waals surface area contributed by atoms with Crippen LogP contribution in [0.15, 0.2) is 6.07 Å². The maximum Gasteiger partial charge on any atom is 0.203 e. The lowest BCUT2D eigenvalue weighted by Gasteiger charge is -2.18. The van der Waals surface area contributed by atoms with Gasteiger partial charge in [0.1, 0.15) is 0 Å². The Morgan fingerprint density at radius 3 is 2.19 bits per heavy atom. The molecule has 0 amide bonds. The molecule has 21 heavy (non-hydrogen) atoms. The number of carbonyl (C=O) groups is 1. The van der Waals surface area contributed by atoms with Gasteiger partial charge in [-0.1, -0.05) is 26.7 Å². The van der Waals surface area contributed by atoms with Crippen molar-refractivity contribution >= 4 is 6.29 Å². The molecular weight excluding hydrogens is 268 g/mol. The van der Waals surface area contributed by atoms with E-state index < -0.39 is 0 Å². The summed E-state index contributed by atoms with van der Waals surface area (Å²) in [5, 5.41) is 0. The van der Waals surface area contributed by atoms with E-state index in [2.05, 4.69) is 13.8 Å². The van der Waals surface area contributed by atoms with Gasteiger partial charge in [0.15, 0.2) is 17.8 Å². The Balaban J connectivity index is 3.12. The summed E-state index contributed by atoms with van der Waals surface area (Å²) in [6.07, 6.45) is 4.85. The Kier molecular flexibility index (Phi) is 7.65. The van der Waals surface area contributed by atoms with Crippen LogP contribution in [0.4, 0.5) is 0 Å². The van der Waals surface area contributed by atoms with E-state index in [4.69, 9.17) is 14.2 Å². The van der Waals surface area contributed by atoms with E-state index >= 15 is 0 Å². The zero-order chi connectivity index (χ0) is 15.7. The van der Waals surface area contributed by atoms with E-state index in [1.165, 1.54) is 0 Å². The molecule has 0 atom stereocenters. The number of rotatable bonds is 10. The van der Waals surface area contributed by atoms with Gasteiger partial charge < -0.3 is 14.2 Å². The minimum absolute atomic E-state index is 0.571. The first-order valence-electron chi connectivity index (χ1n) is 7.61. The van der Waals surface area contributed by atoms with E-state index in [9.17, 15) is 4.79 Å². The molecule has 0 saturated carbocycles. The molecule has 0 saturated heterocycles. The van der Waals surface area contributed by atoms with Crippen LogP contribution in [0.1, 0.15) is 55.5 Å². The number of carbonyl (C=O) groups excluding carboxylic acids is 1. The topological polar surface area (TPSA) is 44.8 Å². The molecule has 0 aromatic heterocycles. The SMILES string of the molecule is CCCCOc1cc(C=O)c(C)c(OC)c1OCCCC. The Labute approximate surface area is 127 Å². The molecule has 118 valence electrons. The van der Waals surface area contributed by atoms with Crippen LogP contribution in [0.3, 0.4) is 0 Å². The maximum absolute atomic E-state index is 11.2. The fourth-order valence-corrected chi connectivity index (χ4v) is 1.99. The van der Waals surface area contributed by atoms with E-state index in [0.29, 0.717) is 36.0 Å². The van der Waals surface area contributed by atoms with Crippen LogP contribution < -0.4 is 14.2 Å². The highest BCUT2D eigenvalue weighted by Crippen LogP contribution is 2.41. The van der Waals surface area contributed by atoms with Gasteiger partial charge in [-0.25, -0.2) is 0 Å². The molecular formula is C17H26O4. The molecule has 0 spiro atoms. The largest absolute Gasteiger partial charge is 0.492 e. The molecule has 0 aliphatic carbocycles. The fraction of sp³-hybridized carbons (Fsp3) is 0.588. The summed E-state index contributed by atoms with van der Waals surface area (Å²) >= 11 is 0. The van der Waals surface area contributed by atoms with Crippen molar-refractivity contribution in [2.45, 2.75) is 46.5 Å². The second kappa shape index (κ2) is 9.27. The summed E-state index contributed by atoms with van der Waals surface area (Å²) in [5.41, 5.74) is 1.35. The van der Waals surface area contributed by atoms with E-state index in [1.807, 2.05) is 6.92 Å². The minimum Gasteiger partial charge on any atom is -0.492 e. The van der Waals surface area contributed by atoms with Gasteiger partial charge in [-0.2, -0.15) is 0 Å². The number of aldehydes is 1. The number of unbranched alkanes of at least 4 members (excludes halogenated alkanes) is 2. The monoisotopic (exact) mass is 294 g/mol. The van der Waals surface area contributed by atoms with Crippen LogP contribution in [0.2, 0.25) is 0 Å². The van der Waals surface area contributed by atoms with Gasteiger partial charge in [-0.3, -0.25) is 4.79 Å². The van der Waals surface area contributed by atoms with E-state index in [0.717, 1.165) is 37.5 Å². The summed E-state index contributed by atoms with van der Waals surface area (Å²) < 4.78 is 17.1. The first-order chi connectivity index (χ1) is 10.2. The van der Waals surface area contributed by atoms with Crippen LogP contribution in [0.25, 0.3) is 0 Å². The molecule has 0 bridgehead atoms. The Morgan fingerprint density at radius 2 is 1.67 bits per heavy atom. The summed E-state index contributed by atoms with van der Waals surface area (Å²) in [6.45, 7) is 7.28.